The lowest BCUT2D eigenvalue weighted by Crippen LogP contribution is -2.31. The predicted octanol–water partition coefficient (Wildman–Crippen LogP) is -0.355. The molecule has 0 atom stereocenters. The molecular weight excluding hydrogens is 174 g/mol. The zero-order valence-electron chi connectivity index (χ0n) is 7.75. The Balaban J connectivity index is 3.58. The summed E-state index contributed by atoms with van der Waals surface area (Å²) in [5.41, 5.74) is 0. The largest absolute Gasteiger partial charge is 0.465 e. The number of amides is 1. The van der Waals surface area contributed by atoms with Gasteiger partial charge in [-0.2, -0.15) is 0 Å². The molecule has 0 saturated carbocycles. The molecule has 74 valence electrons. The zero-order chi connectivity index (χ0) is 10.3. The van der Waals surface area contributed by atoms with Crippen LogP contribution in [-0.4, -0.2) is 30.8 Å². The van der Waals surface area contributed by atoms with Gasteiger partial charge in [0.25, 0.3) is 0 Å². The Morgan fingerprint density at radius 2 is 1.92 bits per heavy atom. The fraction of sp³-hybridized carbons (Fsp3) is 0.625. The van der Waals surface area contributed by atoms with Crippen LogP contribution in [0.5, 0.6) is 0 Å². The second-order valence-corrected chi connectivity index (χ2v) is 2.46. The molecule has 5 nitrogen and oxygen atoms in total. The maximum absolute atomic E-state index is 10.8. The summed E-state index contributed by atoms with van der Waals surface area (Å²) in [5, 5.41) is 2.26. The summed E-state index contributed by atoms with van der Waals surface area (Å²) in [6, 6.07) is 0. The number of rotatable bonds is 5. The van der Waals surface area contributed by atoms with Gasteiger partial charge in [0, 0.05) is 0 Å². The number of hydrogen-bond donors (Lipinski definition) is 1. The molecule has 1 N–H and O–H groups in total. The molecule has 0 aliphatic carbocycles. The number of nitrogens with one attached hydrogen (secondary N) is 1. The highest BCUT2D eigenvalue weighted by molar-refractivity contribution is 5.97. The molecule has 13 heavy (non-hydrogen) atoms. The molecule has 0 aliphatic rings. The van der Waals surface area contributed by atoms with Gasteiger partial charge in [0.1, 0.15) is 12.3 Å². The average Bonchev–Trinajstić information content (AvgIpc) is 2.00. The zero-order valence-corrected chi connectivity index (χ0v) is 7.75. The van der Waals surface area contributed by atoms with E-state index in [4.69, 9.17) is 0 Å². The molecule has 0 aromatic heterocycles. The van der Waals surface area contributed by atoms with Gasteiger partial charge in [-0.25, -0.2) is 0 Å². The Morgan fingerprint density at radius 1 is 1.31 bits per heavy atom. The summed E-state index contributed by atoms with van der Waals surface area (Å²) in [5.74, 6) is -1.19. The number of carbonyl (C=O) groups excluding carboxylic acids is 3. The van der Waals surface area contributed by atoms with Gasteiger partial charge >= 0.3 is 5.97 Å². The second-order valence-electron chi connectivity index (χ2n) is 2.46. The van der Waals surface area contributed by atoms with Crippen LogP contribution in [0.4, 0.5) is 0 Å². The third-order valence-corrected chi connectivity index (χ3v) is 1.14. The lowest BCUT2D eigenvalue weighted by Gasteiger charge is -2.02. The molecule has 0 aromatic carbocycles. The highest BCUT2D eigenvalue weighted by atomic mass is 16.5. The second kappa shape index (κ2) is 6.16. The van der Waals surface area contributed by atoms with Crippen molar-refractivity contribution in [3.05, 3.63) is 0 Å². The van der Waals surface area contributed by atoms with Crippen LogP contribution >= 0.6 is 0 Å². The highest BCUT2D eigenvalue weighted by Gasteiger charge is 2.07. The van der Waals surface area contributed by atoms with Gasteiger partial charge in [-0.1, -0.05) is 0 Å². The van der Waals surface area contributed by atoms with Crippen LogP contribution in [0.2, 0.25) is 0 Å². The van der Waals surface area contributed by atoms with Crippen LogP contribution in [0.15, 0.2) is 0 Å². The molecular formula is C8H13NO4. The Kier molecular flexibility index (Phi) is 5.50. The fourth-order valence-electron chi connectivity index (χ4n) is 0.671. The highest BCUT2D eigenvalue weighted by Crippen LogP contribution is 1.82. The molecule has 1 amide bonds. The first-order valence-electron chi connectivity index (χ1n) is 3.98. The van der Waals surface area contributed by atoms with E-state index in [0.717, 1.165) is 0 Å². The molecule has 0 aliphatic heterocycles. The van der Waals surface area contributed by atoms with E-state index in [1.807, 2.05) is 0 Å². The number of Topliss-reactive ketones (excluding diaryl/α,β-unsaturated/α-hetero) is 1. The molecule has 0 spiro atoms. The molecule has 5 heteroatoms. The Morgan fingerprint density at radius 3 is 2.38 bits per heavy atom. The SMILES string of the molecule is CCOC(=O)CNC(=O)CC(C)=O. The fourth-order valence-corrected chi connectivity index (χ4v) is 0.671. The van der Waals surface area contributed by atoms with Crippen molar-refractivity contribution in [2.75, 3.05) is 13.2 Å². The number of hydrogen-bond acceptors (Lipinski definition) is 4. The normalized spacial score (nSPS) is 9.08. The van der Waals surface area contributed by atoms with Crippen LogP contribution in [0.1, 0.15) is 20.3 Å². The van der Waals surface area contributed by atoms with Crippen molar-refractivity contribution in [2.45, 2.75) is 20.3 Å². The van der Waals surface area contributed by atoms with Gasteiger partial charge in [0.15, 0.2) is 0 Å². The molecule has 0 fully saturated rings. The topological polar surface area (TPSA) is 72.5 Å². The van der Waals surface area contributed by atoms with Crippen LogP contribution < -0.4 is 5.32 Å². The van der Waals surface area contributed by atoms with Crippen molar-refractivity contribution >= 4 is 17.7 Å². The lowest BCUT2D eigenvalue weighted by atomic mass is 10.3. The minimum Gasteiger partial charge on any atom is -0.465 e. The first-order chi connectivity index (χ1) is 6.06. The maximum Gasteiger partial charge on any atom is 0.325 e. The first kappa shape index (κ1) is 11.6. The van der Waals surface area contributed by atoms with E-state index >= 15 is 0 Å². The standard InChI is InChI=1S/C8H13NO4/c1-3-13-8(12)5-9-7(11)4-6(2)10/h3-5H2,1-2H3,(H,9,11). The first-order valence-corrected chi connectivity index (χ1v) is 3.98. The van der Waals surface area contributed by atoms with Gasteiger partial charge < -0.3 is 10.1 Å². The third kappa shape index (κ3) is 6.99. The van der Waals surface area contributed by atoms with E-state index in [2.05, 4.69) is 10.1 Å². The van der Waals surface area contributed by atoms with Gasteiger partial charge in [-0.15, -0.1) is 0 Å². The number of carbonyl (C=O) groups is 3. The van der Waals surface area contributed by atoms with E-state index in [1.165, 1.54) is 6.92 Å². The van der Waals surface area contributed by atoms with E-state index < -0.39 is 11.9 Å². The molecule has 0 rings (SSSR count). The third-order valence-electron chi connectivity index (χ3n) is 1.14. The van der Waals surface area contributed by atoms with Crippen LogP contribution in [0.25, 0.3) is 0 Å². The van der Waals surface area contributed by atoms with Gasteiger partial charge in [0.2, 0.25) is 5.91 Å². The maximum atomic E-state index is 10.8. The van der Waals surface area contributed by atoms with E-state index in [0.29, 0.717) is 0 Å². The van der Waals surface area contributed by atoms with Gasteiger partial charge in [0.05, 0.1) is 13.0 Å². The number of ketones is 1. The van der Waals surface area contributed by atoms with E-state index in [9.17, 15) is 14.4 Å². The molecule has 0 aromatic rings. The summed E-state index contributed by atoms with van der Waals surface area (Å²) < 4.78 is 4.56. The predicted molar refractivity (Wildman–Crippen MR) is 44.9 cm³/mol. The van der Waals surface area contributed by atoms with Crippen LogP contribution in [0.3, 0.4) is 0 Å². The van der Waals surface area contributed by atoms with Crippen molar-refractivity contribution in [3.63, 3.8) is 0 Å². The molecule has 0 radical (unpaired) electrons. The molecule has 0 saturated heterocycles. The monoisotopic (exact) mass is 187 g/mol. The van der Waals surface area contributed by atoms with E-state index in [1.54, 1.807) is 6.92 Å². The Labute approximate surface area is 76.4 Å². The van der Waals surface area contributed by atoms with Gasteiger partial charge in [-0.05, 0) is 13.8 Å². The van der Waals surface area contributed by atoms with Crippen molar-refractivity contribution in [1.82, 2.24) is 5.32 Å². The molecule has 0 unspecified atom stereocenters. The van der Waals surface area contributed by atoms with Crippen molar-refractivity contribution in [2.24, 2.45) is 0 Å². The summed E-state index contributed by atoms with van der Waals surface area (Å²) >= 11 is 0. The molecule has 0 heterocycles. The minimum atomic E-state index is -0.501. The van der Waals surface area contributed by atoms with Gasteiger partial charge in [-0.3, -0.25) is 14.4 Å². The number of esters is 1. The van der Waals surface area contributed by atoms with Crippen LogP contribution in [-0.2, 0) is 19.1 Å². The minimum absolute atomic E-state index is 0.181. The van der Waals surface area contributed by atoms with E-state index in [-0.39, 0.29) is 25.4 Å². The summed E-state index contributed by atoms with van der Waals surface area (Å²) in [7, 11) is 0. The Hall–Kier alpha value is -1.39. The van der Waals surface area contributed by atoms with Crippen molar-refractivity contribution < 1.29 is 19.1 Å². The summed E-state index contributed by atoms with van der Waals surface area (Å²) in [4.78, 5) is 32.0. The quantitative estimate of drug-likeness (QED) is 0.471. The number of ether oxygens (including phenoxy) is 1. The summed E-state index contributed by atoms with van der Waals surface area (Å²) in [6.45, 7) is 3.08. The Bertz CT molecular complexity index is 212. The smallest absolute Gasteiger partial charge is 0.325 e. The van der Waals surface area contributed by atoms with Crippen molar-refractivity contribution in [3.8, 4) is 0 Å². The summed E-state index contributed by atoms with van der Waals surface area (Å²) in [6.07, 6.45) is -0.195. The lowest BCUT2D eigenvalue weighted by molar-refractivity contribution is -0.143. The van der Waals surface area contributed by atoms with Crippen LogP contribution in [0, 0.1) is 0 Å². The average molecular weight is 187 g/mol. The van der Waals surface area contributed by atoms with Crippen molar-refractivity contribution in [1.29, 1.82) is 0 Å². The molecule has 0 bridgehead atoms.